The highest BCUT2D eigenvalue weighted by Crippen LogP contribution is 2.30. The van der Waals surface area contributed by atoms with Crippen LogP contribution in [-0.4, -0.2) is 39.2 Å². The number of alkyl halides is 3. The number of hydrogen-bond acceptors (Lipinski definition) is 8. The zero-order chi connectivity index (χ0) is 22.1. The quantitative estimate of drug-likeness (QED) is 0.415. The Hall–Kier alpha value is -4.29. The highest BCUT2D eigenvalue weighted by molar-refractivity contribution is 5.45. The molecule has 32 heavy (non-hydrogen) atoms. The smallest absolute Gasteiger partial charge is 0.364 e. The van der Waals surface area contributed by atoms with Gasteiger partial charge in [0.15, 0.2) is 17.0 Å². The van der Waals surface area contributed by atoms with E-state index in [0.717, 1.165) is 6.07 Å². The SMILES string of the molecule is FC(F)(F)c1cc(NCc2ccnc3ccnn23)nc(NCc2ccnc3ccnn23)n1. The minimum atomic E-state index is -4.63. The number of rotatable bonds is 6. The molecule has 0 saturated carbocycles. The van der Waals surface area contributed by atoms with E-state index in [4.69, 9.17) is 0 Å². The number of hydrogen-bond donors (Lipinski definition) is 2. The third-order valence-corrected chi connectivity index (χ3v) is 4.63. The van der Waals surface area contributed by atoms with Crippen LogP contribution in [0.1, 0.15) is 17.1 Å². The molecular formula is C19H15F3N10. The average molecular weight is 440 g/mol. The lowest BCUT2D eigenvalue weighted by atomic mass is 10.3. The van der Waals surface area contributed by atoms with Gasteiger partial charge in [-0.25, -0.2) is 24.0 Å². The maximum Gasteiger partial charge on any atom is 0.433 e. The number of fused-ring (bicyclic) bond motifs is 2. The van der Waals surface area contributed by atoms with Gasteiger partial charge in [-0.1, -0.05) is 0 Å². The molecule has 162 valence electrons. The summed E-state index contributed by atoms with van der Waals surface area (Å²) in [5.41, 5.74) is 1.59. The monoisotopic (exact) mass is 440 g/mol. The highest BCUT2D eigenvalue weighted by atomic mass is 19.4. The number of anilines is 2. The molecule has 0 spiro atoms. The van der Waals surface area contributed by atoms with Gasteiger partial charge in [-0.2, -0.15) is 28.4 Å². The molecule has 13 heteroatoms. The van der Waals surface area contributed by atoms with E-state index in [1.807, 2.05) is 0 Å². The standard InChI is InChI=1S/C19H15F3N10/c20-19(21,22)14-9-15(25-10-12-1-5-23-16-3-7-27-31(12)16)30-18(29-14)26-11-13-2-6-24-17-4-8-28-32(13)17/h1-9H,10-11H2,(H2,25,26,29,30). The van der Waals surface area contributed by atoms with Crippen molar-refractivity contribution >= 4 is 23.1 Å². The molecule has 0 radical (unpaired) electrons. The van der Waals surface area contributed by atoms with E-state index in [0.29, 0.717) is 22.7 Å². The molecule has 0 saturated heterocycles. The van der Waals surface area contributed by atoms with Crippen molar-refractivity contribution in [3.05, 3.63) is 72.2 Å². The van der Waals surface area contributed by atoms with Gasteiger partial charge in [0.05, 0.1) is 36.9 Å². The van der Waals surface area contributed by atoms with Gasteiger partial charge >= 0.3 is 6.18 Å². The van der Waals surface area contributed by atoms with Crippen LogP contribution in [0, 0.1) is 0 Å². The van der Waals surface area contributed by atoms with Crippen LogP contribution < -0.4 is 10.6 Å². The average Bonchev–Trinajstić information content (AvgIpc) is 3.45. The van der Waals surface area contributed by atoms with E-state index >= 15 is 0 Å². The van der Waals surface area contributed by atoms with Gasteiger partial charge in [-0.05, 0) is 12.1 Å². The summed E-state index contributed by atoms with van der Waals surface area (Å²) in [5, 5.41) is 14.1. The maximum absolute atomic E-state index is 13.4. The van der Waals surface area contributed by atoms with Crippen LogP contribution in [0.3, 0.4) is 0 Å². The van der Waals surface area contributed by atoms with Crippen molar-refractivity contribution < 1.29 is 13.2 Å². The van der Waals surface area contributed by atoms with Crippen LogP contribution in [-0.2, 0) is 19.3 Å². The summed E-state index contributed by atoms with van der Waals surface area (Å²) in [6, 6.07) is 7.75. The molecule has 2 N–H and O–H groups in total. The topological polar surface area (TPSA) is 110 Å². The molecule has 5 aromatic rings. The Morgan fingerprint density at radius 1 is 0.750 bits per heavy atom. The molecule has 0 amide bonds. The Kier molecular flexibility index (Phi) is 4.77. The summed E-state index contributed by atoms with van der Waals surface area (Å²) in [5.74, 6) is -0.149. The minimum Gasteiger partial charge on any atom is -0.364 e. The Morgan fingerprint density at radius 2 is 1.34 bits per heavy atom. The second-order valence-electron chi connectivity index (χ2n) is 6.74. The van der Waals surface area contributed by atoms with Gasteiger partial charge in [0.25, 0.3) is 0 Å². The lowest BCUT2D eigenvalue weighted by molar-refractivity contribution is -0.141. The number of aromatic nitrogens is 8. The van der Waals surface area contributed by atoms with Crippen LogP contribution >= 0.6 is 0 Å². The van der Waals surface area contributed by atoms with Crippen molar-refractivity contribution in [1.29, 1.82) is 0 Å². The third-order valence-electron chi connectivity index (χ3n) is 4.63. The van der Waals surface area contributed by atoms with E-state index in [2.05, 4.69) is 40.8 Å². The molecule has 5 aromatic heterocycles. The van der Waals surface area contributed by atoms with Crippen molar-refractivity contribution in [3.63, 3.8) is 0 Å². The molecule has 5 rings (SSSR count). The van der Waals surface area contributed by atoms with Crippen LogP contribution in [0.2, 0.25) is 0 Å². The first-order valence-corrected chi connectivity index (χ1v) is 9.47. The number of nitrogens with one attached hydrogen (secondary N) is 2. The zero-order valence-electron chi connectivity index (χ0n) is 16.3. The Balaban J connectivity index is 1.39. The Bertz CT molecular complexity index is 1290. The lowest BCUT2D eigenvalue weighted by Gasteiger charge is -2.13. The third kappa shape index (κ3) is 3.87. The maximum atomic E-state index is 13.4. The van der Waals surface area contributed by atoms with Gasteiger partial charge in [-0.3, -0.25) is 0 Å². The second-order valence-corrected chi connectivity index (χ2v) is 6.74. The van der Waals surface area contributed by atoms with E-state index in [1.165, 1.54) is 0 Å². The molecule has 0 atom stereocenters. The number of halogens is 3. The fraction of sp³-hybridized carbons (Fsp3) is 0.158. The van der Waals surface area contributed by atoms with Crippen LogP contribution in [0.4, 0.5) is 24.9 Å². The van der Waals surface area contributed by atoms with Crippen molar-refractivity contribution in [3.8, 4) is 0 Å². The molecule has 0 unspecified atom stereocenters. The molecule has 0 bridgehead atoms. The van der Waals surface area contributed by atoms with Gasteiger partial charge in [-0.15, -0.1) is 0 Å². The molecule has 10 nitrogen and oxygen atoms in total. The van der Waals surface area contributed by atoms with E-state index in [9.17, 15) is 13.2 Å². The predicted molar refractivity (Wildman–Crippen MR) is 108 cm³/mol. The summed E-state index contributed by atoms with van der Waals surface area (Å²) in [6.45, 7) is 0.340. The fourth-order valence-electron chi connectivity index (χ4n) is 3.15. The van der Waals surface area contributed by atoms with Crippen molar-refractivity contribution in [2.24, 2.45) is 0 Å². The molecule has 5 heterocycles. The first-order valence-electron chi connectivity index (χ1n) is 9.47. The molecule has 0 aliphatic rings. The first kappa shape index (κ1) is 19.7. The van der Waals surface area contributed by atoms with Gasteiger partial charge < -0.3 is 10.6 Å². The fourth-order valence-corrected chi connectivity index (χ4v) is 3.15. The molecule has 0 aromatic carbocycles. The molecular weight excluding hydrogens is 425 g/mol. The summed E-state index contributed by atoms with van der Waals surface area (Å²) in [7, 11) is 0. The molecule has 0 aliphatic carbocycles. The van der Waals surface area contributed by atoms with Crippen molar-refractivity contribution in [1.82, 2.24) is 39.2 Å². The van der Waals surface area contributed by atoms with Gasteiger partial charge in [0.1, 0.15) is 5.82 Å². The normalized spacial score (nSPS) is 11.8. The second kappa shape index (κ2) is 7.76. The minimum absolute atomic E-state index is 0.0194. The van der Waals surface area contributed by atoms with Gasteiger partial charge in [0, 0.05) is 30.6 Å². The summed E-state index contributed by atoms with van der Waals surface area (Å²) < 4.78 is 43.4. The summed E-state index contributed by atoms with van der Waals surface area (Å²) in [6.07, 6.45) is 1.75. The van der Waals surface area contributed by atoms with Crippen molar-refractivity contribution in [2.75, 3.05) is 10.6 Å². The Labute approximate surface area is 178 Å². The van der Waals surface area contributed by atoms with Crippen LogP contribution in [0.25, 0.3) is 11.3 Å². The van der Waals surface area contributed by atoms with Crippen LogP contribution in [0.5, 0.6) is 0 Å². The van der Waals surface area contributed by atoms with E-state index in [-0.39, 0.29) is 24.9 Å². The largest absolute Gasteiger partial charge is 0.433 e. The first-order chi connectivity index (χ1) is 15.5. The summed E-state index contributed by atoms with van der Waals surface area (Å²) >= 11 is 0. The van der Waals surface area contributed by atoms with Crippen molar-refractivity contribution in [2.45, 2.75) is 19.3 Å². The van der Waals surface area contributed by atoms with Gasteiger partial charge in [0.2, 0.25) is 5.95 Å². The predicted octanol–water partition coefficient (Wildman–Crippen LogP) is 2.80. The van der Waals surface area contributed by atoms with E-state index in [1.54, 1.807) is 58.1 Å². The molecule has 0 aliphatic heterocycles. The summed E-state index contributed by atoms with van der Waals surface area (Å²) in [4.78, 5) is 16.1. The molecule has 0 fully saturated rings. The Morgan fingerprint density at radius 3 is 1.94 bits per heavy atom. The zero-order valence-corrected chi connectivity index (χ0v) is 16.3. The van der Waals surface area contributed by atoms with E-state index < -0.39 is 11.9 Å². The lowest BCUT2D eigenvalue weighted by Crippen LogP contribution is -2.15. The highest BCUT2D eigenvalue weighted by Gasteiger charge is 2.33. The van der Waals surface area contributed by atoms with Crippen LogP contribution in [0.15, 0.2) is 55.1 Å². The number of nitrogens with zero attached hydrogens (tertiary/aromatic N) is 8.